The first-order chi connectivity index (χ1) is 13.7. The molecule has 0 bridgehead atoms. The Bertz CT molecular complexity index is 988. The van der Waals surface area contributed by atoms with Crippen molar-refractivity contribution in [3.05, 3.63) is 48.0 Å². The second-order valence-corrected chi connectivity index (χ2v) is 7.63. The first-order valence-electron chi connectivity index (χ1n) is 8.45. The summed E-state index contributed by atoms with van der Waals surface area (Å²) in [6, 6.07) is 9.05. The minimum atomic E-state index is -3.98. The molecule has 2 aromatic rings. The van der Waals surface area contributed by atoms with E-state index >= 15 is 0 Å². The lowest BCUT2D eigenvalue weighted by atomic mass is 10.2. The molecule has 2 aromatic carbocycles. The van der Waals surface area contributed by atoms with Crippen molar-refractivity contribution < 1.29 is 32.2 Å². The highest BCUT2D eigenvalue weighted by Crippen LogP contribution is 2.29. The van der Waals surface area contributed by atoms with Crippen molar-refractivity contribution >= 4 is 27.6 Å². The smallest absolute Gasteiger partial charge is 0.337 e. The van der Waals surface area contributed by atoms with Gasteiger partial charge < -0.3 is 19.5 Å². The van der Waals surface area contributed by atoms with Gasteiger partial charge in [-0.1, -0.05) is 0 Å². The van der Waals surface area contributed by atoms with Gasteiger partial charge >= 0.3 is 5.97 Å². The molecule has 1 unspecified atom stereocenters. The highest BCUT2D eigenvalue weighted by Gasteiger charge is 2.23. The molecule has 0 aliphatic rings. The summed E-state index contributed by atoms with van der Waals surface area (Å²) in [6.45, 7) is 1.41. The van der Waals surface area contributed by atoms with Crippen LogP contribution in [0.1, 0.15) is 17.3 Å². The van der Waals surface area contributed by atoms with E-state index in [0.29, 0.717) is 17.0 Å². The van der Waals surface area contributed by atoms with Crippen LogP contribution in [0.25, 0.3) is 0 Å². The second kappa shape index (κ2) is 9.39. The molecule has 9 nitrogen and oxygen atoms in total. The Kier molecular flexibility index (Phi) is 7.18. The van der Waals surface area contributed by atoms with Crippen LogP contribution in [-0.4, -0.2) is 47.7 Å². The first kappa shape index (κ1) is 22.2. The summed E-state index contributed by atoms with van der Waals surface area (Å²) in [7, 11) is 0.116. The third-order valence-electron chi connectivity index (χ3n) is 3.96. The normalized spacial score (nSPS) is 12.0. The number of anilines is 1. The van der Waals surface area contributed by atoms with Crippen LogP contribution in [0.3, 0.4) is 0 Å². The van der Waals surface area contributed by atoms with Crippen LogP contribution < -0.4 is 19.5 Å². The van der Waals surface area contributed by atoms with Crippen LogP contribution in [0.4, 0.5) is 5.69 Å². The average molecular weight is 422 g/mol. The van der Waals surface area contributed by atoms with Crippen molar-refractivity contribution in [3.8, 4) is 11.5 Å². The van der Waals surface area contributed by atoms with Gasteiger partial charge in [-0.3, -0.25) is 4.79 Å². The molecule has 0 heterocycles. The van der Waals surface area contributed by atoms with Crippen LogP contribution in [-0.2, 0) is 19.6 Å². The van der Waals surface area contributed by atoms with Crippen LogP contribution in [0.15, 0.2) is 47.4 Å². The van der Waals surface area contributed by atoms with Crippen LogP contribution >= 0.6 is 0 Å². The molecule has 0 fully saturated rings. The Morgan fingerprint density at radius 2 is 1.55 bits per heavy atom. The molecule has 0 aliphatic carbocycles. The third-order valence-corrected chi connectivity index (χ3v) is 5.50. The summed E-state index contributed by atoms with van der Waals surface area (Å²) in [5, 5.41) is 2.58. The van der Waals surface area contributed by atoms with Crippen molar-refractivity contribution in [1.82, 2.24) is 4.72 Å². The minimum absolute atomic E-state index is 0.0720. The summed E-state index contributed by atoms with van der Waals surface area (Å²) >= 11 is 0. The fourth-order valence-electron chi connectivity index (χ4n) is 2.40. The number of hydrogen-bond donors (Lipinski definition) is 2. The highest BCUT2D eigenvalue weighted by molar-refractivity contribution is 7.89. The molecule has 29 heavy (non-hydrogen) atoms. The highest BCUT2D eigenvalue weighted by atomic mass is 32.2. The van der Waals surface area contributed by atoms with E-state index in [2.05, 4.69) is 14.8 Å². The fourth-order valence-corrected chi connectivity index (χ4v) is 3.61. The van der Waals surface area contributed by atoms with E-state index in [-0.39, 0.29) is 10.6 Å². The van der Waals surface area contributed by atoms with Gasteiger partial charge in [-0.2, -0.15) is 4.72 Å². The quantitative estimate of drug-likeness (QED) is 0.622. The zero-order valence-corrected chi connectivity index (χ0v) is 17.2. The van der Waals surface area contributed by atoms with Gasteiger partial charge in [0.25, 0.3) is 0 Å². The van der Waals surface area contributed by atoms with E-state index in [4.69, 9.17) is 9.47 Å². The number of ether oxygens (including phenoxy) is 3. The zero-order valence-electron chi connectivity index (χ0n) is 16.4. The summed E-state index contributed by atoms with van der Waals surface area (Å²) in [5.41, 5.74) is 0.729. The van der Waals surface area contributed by atoms with Crippen molar-refractivity contribution in [1.29, 1.82) is 0 Å². The maximum Gasteiger partial charge on any atom is 0.337 e. The molecule has 0 radical (unpaired) electrons. The number of esters is 1. The maximum atomic E-state index is 12.6. The molecule has 0 aromatic heterocycles. The van der Waals surface area contributed by atoms with Gasteiger partial charge in [-0.15, -0.1) is 0 Å². The Morgan fingerprint density at radius 3 is 2.10 bits per heavy atom. The lowest BCUT2D eigenvalue weighted by Gasteiger charge is -2.15. The monoisotopic (exact) mass is 422 g/mol. The Labute approximate surface area is 169 Å². The van der Waals surface area contributed by atoms with Gasteiger partial charge in [-0.25, -0.2) is 13.2 Å². The zero-order chi connectivity index (χ0) is 21.6. The van der Waals surface area contributed by atoms with E-state index in [1.807, 2.05) is 0 Å². The fraction of sp³-hybridized carbons (Fsp3) is 0.263. The molecular formula is C19H22N2O7S. The van der Waals surface area contributed by atoms with E-state index in [1.165, 1.54) is 70.7 Å². The van der Waals surface area contributed by atoms with Gasteiger partial charge in [0, 0.05) is 11.8 Å². The number of rotatable bonds is 8. The number of nitrogens with one attached hydrogen (secondary N) is 2. The number of methoxy groups -OCH3 is 3. The minimum Gasteiger partial charge on any atom is -0.493 e. The number of carbonyl (C=O) groups is 2. The Balaban J connectivity index is 2.09. The molecule has 1 atom stereocenters. The van der Waals surface area contributed by atoms with E-state index in [1.54, 1.807) is 0 Å². The van der Waals surface area contributed by atoms with Gasteiger partial charge in [0.2, 0.25) is 15.9 Å². The predicted molar refractivity (Wildman–Crippen MR) is 106 cm³/mol. The van der Waals surface area contributed by atoms with Crippen LogP contribution in [0.2, 0.25) is 0 Å². The van der Waals surface area contributed by atoms with Crippen molar-refractivity contribution in [2.45, 2.75) is 17.9 Å². The number of benzene rings is 2. The standard InChI is InChI=1S/C19H22N2O7S/c1-12(18(22)20-14-7-5-13(6-8-14)19(23)28-4)21-29(24,25)15-9-10-16(26-2)17(11-15)27-3/h5-12,21H,1-4H3,(H,20,22). The summed E-state index contributed by atoms with van der Waals surface area (Å²) in [4.78, 5) is 23.7. The third kappa shape index (κ3) is 5.46. The Hall–Kier alpha value is -3.11. The molecule has 156 valence electrons. The van der Waals surface area contributed by atoms with Crippen molar-refractivity contribution in [2.24, 2.45) is 0 Å². The number of carbonyl (C=O) groups excluding carboxylic acids is 2. The summed E-state index contributed by atoms with van der Waals surface area (Å²) in [5.74, 6) is -0.440. The van der Waals surface area contributed by atoms with Gasteiger partial charge in [0.15, 0.2) is 11.5 Å². The van der Waals surface area contributed by atoms with Gasteiger partial charge in [0.05, 0.1) is 37.8 Å². The van der Waals surface area contributed by atoms with E-state index in [0.717, 1.165) is 0 Å². The molecule has 0 aliphatic heterocycles. The van der Waals surface area contributed by atoms with Gasteiger partial charge in [0.1, 0.15) is 0 Å². The van der Waals surface area contributed by atoms with Crippen molar-refractivity contribution in [2.75, 3.05) is 26.6 Å². The predicted octanol–water partition coefficient (Wildman–Crippen LogP) is 1.80. The van der Waals surface area contributed by atoms with Crippen LogP contribution in [0, 0.1) is 0 Å². The molecule has 2 N–H and O–H groups in total. The Morgan fingerprint density at radius 1 is 0.931 bits per heavy atom. The summed E-state index contributed by atoms with van der Waals surface area (Å²) in [6.07, 6.45) is 0. The molecule has 10 heteroatoms. The van der Waals surface area contributed by atoms with Crippen LogP contribution in [0.5, 0.6) is 11.5 Å². The van der Waals surface area contributed by atoms with Crippen molar-refractivity contribution in [3.63, 3.8) is 0 Å². The van der Waals surface area contributed by atoms with E-state index < -0.39 is 27.9 Å². The SMILES string of the molecule is COC(=O)c1ccc(NC(=O)C(C)NS(=O)(=O)c2ccc(OC)c(OC)c2)cc1. The average Bonchev–Trinajstić information content (AvgIpc) is 2.72. The molecule has 0 saturated heterocycles. The molecule has 2 rings (SSSR count). The lowest BCUT2D eigenvalue weighted by Crippen LogP contribution is -2.41. The van der Waals surface area contributed by atoms with E-state index in [9.17, 15) is 18.0 Å². The largest absolute Gasteiger partial charge is 0.493 e. The number of amides is 1. The first-order valence-corrected chi connectivity index (χ1v) is 9.93. The number of hydrogen-bond acceptors (Lipinski definition) is 7. The lowest BCUT2D eigenvalue weighted by molar-refractivity contribution is -0.117. The maximum absolute atomic E-state index is 12.6. The molecule has 1 amide bonds. The molecule has 0 spiro atoms. The molecular weight excluding hydrogens is 400 g/mol. The molecule has 0 saturated carbocycles. The topological polar surface area (TPSA) is 120 Å². The van der Waals surface area contributed by atoms with Gasteiger partial charge in [-0.05, 0) is 43.3 Å². The second-order valence-electron chi connectivity index (χ2n) is 5.92. The number of sulfonamides is 1. The summed E-state index contributed by atoms with van der Waals surface area (Å²) < 4.78 is 42.3.